The summed E-state index contributed by atoms with van der Waals surface area (Å²) in [4.78, 5) is 17.8. The number of anilines is 1. The number of hydrogen-bond donors (Lipinski definition) is 3. The molecule has 2 aliphatic heterocycles. The van der Waals surface area contributed by atoms with Gasteiger partial charge in [0, 0.05) is 30.7 Å². The molecule has 6 aliphatic rings. The molecule has 6 unspecified atom stereocenters. The molecule has 1 aromatic rings. The zero-order valence-electron chi connectivity index (χ0n) is 23.7. The number of aliphatic hydroxyl groups is 2. The van der Waals surface area contributed by atoms with Crippen LogP contribution in [-0.2, 0) is 4.79 Å². The Kier molecular flexibility index (Phi) is 5.90. The number of fused-ring (bicyclic) bond motifs is 5. The Labute approximate surface area is 233 Å². The number of nitrogens with zero attached hydrogens (tertiary/aromatic N) is 2. The number of piperidine rings is 1. The first-order valence-electron chi connectivity index (χ1n) is 15.3. The van der Waals surface area contributed by atoms with E-state index in [1.807, 2.05) is 18.2 Å². The number of aliphatic hydroxyl groups excluding tert-OH is 1. The van der Waals surface area contributed by atoms with Crippen molar-refractivity contribution in [3.63, 3.8) is 0 Å². The second kappa shape index (κ2) is 8.92. The van der Waals surface area contributed by atoms with Crippen LogP contribution in [0.1, 0.15) is 71.6 Å². The van der Waals surface area contributed by atoms with E-state index >= 15 is 0 Å². The van der Waals surface area contributed by atoms with E-state index in [9.17, 15) is 15.0 Å². The lowest BCUT2D eigenvalue weighted by atomic mass is 9.50. The van der Waals surface area contributed by atoms with E-state index in [0.717, 1.165) is 76.6 Å². The molecule has 4 aliphatic carbocycles. The third-order valence-corrected chi connectivity index (χ3v) is 12.4. The Hall–Kier alpha value is -2.15. The molecule has 2 saturated heterocycles. The van der Waals surface area contributed by atoms with Crippen LogP contribution in [0.4, 0.5) is 5.69 Å². The van der Waals surface area contributed by atoms with Crippen LogP contribution in [-0.4, -0.2) is 64.6 Å². The molecule has 0 radical (unpaired) electrons. The maximum Gasteiger partial charge on any atom is 0.247 e. The van der Waals surface area contributed by atoms with Gasteiger partial charge < -0.3 is 25.3 Å². The first kappa shape index (κ1) is 25.8. The highest BCUT2D eigenvalue weighted by Gasteiger charge is 2.62. The summed E-state index contributed by atoms with van der Waals surface area (Å²) in [6.07, 6.45) is 13.0. The van der Waals surface area contributed by atoms with Crippen molar-refractivity contribution in [3.05, 3.63) is 53.6 Å². The van der Waals surface area contributed by atoms with Crippen LogP contribution in [0, 0.1) is 22.7 Å². The smallest absolute Gasteiger partial charge is 0.247 e. The monoisotopic (exact) mass is 531 g/mol. The summed E-state index contributed by atoms with van der Waals surface area (Å²) in [5.74, 6) is 1.12. The highest BCUT2D eigenvalue weighted by Crippen LogP contribution is 2.66. The van der Waals surface area contributed by atoms with E-state index in [0.29, 0.717) is 25.0 Å². The molecule has 2 heterocycles. The normalized spacial score (nSPS) is 41.4. The van der Waals surface area contributed by atoms with Gasteiger partial charge in [-0.25, -0.2) is 0 Å². The van der Waals surface area contributed by atoms with Crippen molar-refractivity contribution in [3.8, 4) is 0 Å². The fourth-order valence-electron chi connectivity index (χ4n) is 9.84. The number of amides is 1. The highest BCUT2D eigenvalue weighted by molar-refractivity contribution is 5.93. The van der Waals surface area contributed by atoms with Gasteiger partial charge in [-0.2, -0.15) is 0 Å². The van der Waals surface area contributed by atoms with Crippen molar-refractivity contribution < 1.29 is 15.0 Å². The fourth-order valence-corrected chi connectivity index (χ4v) is 9.84. The summed E-state index contributed by atoms with van der Waals surface area (Å²) in [6, 6.07) is 10.3. The van der Waals surface area contributed by atoms with Crippen molar-refractivity contribution in [2.45, 2.75) is 88.9 Å². The summed E-state index contributed by atoms with van der Waals surface area (Å²) in [7, 11) is 0. The summed E-state index contributed by atoms with van der Waals surface area (Å²) >= 11 is 0. The van der Waals surface area contributed by atoms with Gasteiger partial charge in [-0.15, -0.1) is 0 Å². The maximum absolute atomic E-state index is 13.1. The summed E-state index contributed by atoms with van der Waals surface area (Å²) in [5, 5.41) is 25.8. The van der Waals surface area contributed by atoms with Crippen molar-refractivity contribution in [1.82, 2.24) is 10.2 Å². The number of carbonyl (C=O) groups excluding carboxylic acids is 1. The Morgan fingerprint density at radius 3 is 2.46 bits per heavy atom. The number of benzene rings is 1. The minimum Gasteiger partial charge on any atom is -0.393 e. The molecular weight excluding hydrogens is 486 g/mol. The molecule has 6 nitrogen and oxygen atoms in total. The van der Waals surface area contributed by atoms with Crippen LogP contribution in [0.2, 0.25) is 0 Å². The van der Waals surface area contributed by atoms with E-state index in [1.54, 1.807) is 5.57 Å². The number of nitrogens with one attached hydrogen (secondary N) is 1. The van der Waals surface area contributed by atoms with Gasteiger partial charge in [0.1, 0.15) is 5.54 Å². The molecule has 7 rings (SSSR count). The van der Waals surface area contributed by atoms with E-state index in [-0.39, 0.29) is 22.8 Å². The maximum atomic E-state index is 13.1. The molecule has 6 heteroatoms. The third kappa shape index (κ3) is 3.67. The zero-order chi connectivity index (χ0) is 27.0. The summed E-state index contributed by atoms with van der Waals surface area (Å²) < 4.78 is 0. The van der Waals surface area contributed by atoms with Crippen molar-refractivity contribution >= 4 is 11.6 Å². The lowest BCUT2D eigenvalue weighted by molar-refractivity contribution is -0.126. The van der Waals surface area contributed by atoms with Gasteiger partial charge in [-0.05, 0) is 87.2 Å². The number of likely N-dealkylation sites (tertiary alicyclic amines) is 1. The lowest BCUT2D eigenvalue weighted by Crippen LogP contribution is -2.60. The average molecular weight is 532 g/mol. The SMILES string of the molecule is CC12CCC(O)CC1=CC=C1C2CCC2(C)C1CCC2(O)CN1CCC2(CC1)C(=O)NCN2c1ccccc1. The Bertz CT molecular complexity index is 1200. The minimum atomic E-state index is -0.710. The average Bonchev–Trinajstić information content (AvgIpc) is 3.39. The number of hydrogen-bond acceptors (Lipinski definition) is 5. The molecule has 1 amide bonds. The van der Waals surface area contributed by atoms with Crippen LogP contribution in [0.15, 0.2) is 53.6 Å². The van der Waals surface area contributed by atoms with Gasteiger partial charge >= 0.3 is 0 Å². The van der Waals surface area contributed by atoms with Gasteiger partial charge in [0.05, 0.1) is 18.4 Å². The molecule has 0 aromatic heterocycles. The van der Waals surface area contributed by atoms with E-state index in [2.05, 4.69) is 53.2 Å². The van der Waals surface area contributed by atoms with Gasteiger partial charge in [0.2, 0.25) is 5.91 Å². The lowest BCUT2D eigenvalue weighted by Gasteiger charge is -2.56. The second-order valence-electron chi connectivity index (χ2n) is 14.0. The van der Waals surface area contributed by atoms with Crippen molar-refractivity contribution in [1.29, 1.82) is 0 Å². The van der Waals surface area contributed by atoms with Crippen molar-refractivity contribution in [2.75, 3.05) is 31.2 Å². The molecule has 3 N–H and O–H groups in total. The van der Waals surface area contributed by atoms with Crippen LogP contribution in [0.3, 0.4) is 0 Å². The molecule has 1 spiro atoms. The Morgan fingerprint density at radius 2 is 1.69 bits per heavy atom. The van der Waals surface area contributed by atoms with Crippen molar-refractivity contribution in [2.24, 2.45) is 22.7 Å². The first-order chi connectivity index (χ1) is 18.7. The third-order valence-electron chi connectivity index (χ3n) is 12.4. The summed E-state index contributed by atoms with van der Waals surface area (Å²) in [6.45, 7) is 7.73. The summed E-state index contributed by atoms with van der Waals surface area (Å²) in [5.41, 5.74) is 2.96. The van der Waals surface area contributed by atoms with Gasteiger partial charge in [0.25, 0.3) is 0 Å². The highest BCUT2D eigenvalue weighted by atomic mass is 16.3. The topological polar surface area (TPSA) is 76.0 Å². The first-order valence-corrected chi connectivity index (χ1v) is 15.3. The van der Waals surface area contributed by atoms with E-state index in [4.69, 9.17) is 0 Å². The molecule has 39 heavy (non-hydrogen) atoms. The van der Waals surface area contributed by atoms with Crippen LogP contribution < -0.4 is 10.2 Å². The number of β-amino-alcohol motifs (C(OH)–C–C–N with tert-alkyl or cyclic N) is 1. The molecular formula is C33H45N3O3. The molecule has 3 saturated carbocycles. The largest absolute Gasteiger partial charge is 0.393 e. The Balaban J connectivity index is 1.08. The van der Waals surface area contributed by atoms with Crippen LogP contribution in [0.25, 0.3) is 0 Å². The van der Waals surface area contributed by atoms with E-state index < -0.39 is 11.1 Å². The molecule has 1 aromatic carbocycles. The molecule has 0 bridgehead atoms. The standard InChI is InChI=1S/C33H45N3O3/c1-30-13-10-25(37)20-23(30)8-9-26-27(30)11-14-31(2)28(26)12-15-33(31,39)21-35-18-16-32(17-19-35)29(38)34-22-36(32)24-6-4-3-5-7-24/h3-9,25,27-28,37,39H,10-22H2,1-2H3,(H,34,38). The van der Waals surface area contributed by atoms with E-state index in [1.165, 1.54) is 5.57 Å². The predicted molar refractivity (Wildman–Crippen MR) is 153 cm³/mol. The number of carbonyl (C=O) groups is 1. The van der Waals surface area contributed by atoms with Gasteiger partial charge in [-0.3, -0.25) is 4.79 Å². The van der Waals surface area contributed by atoms with Crippen LogP contribution >= 0.6 is 0 Å². The van der Waals surface area contributed by atoms with Gasteiger partial charge in [0.15, 0.2) is 0 Å². The molecule has 5 fully saturated rings. The fraction of sp³-hybridized carbons (Fsp3) is 0.667. The van der Waals surface area contributed by atoms with Crippen LogP contribution in [0.5, 0.6) is 0 Å². The number of allylic oxidation sites excluding steroid dienone is 3. The minimum absolute atomic E-state index is 0.124. The Morgan fingerprint density at radius 1 is 0.949 bits per heavy atom. The molecule has 210 valence electrons. The number of para-hydroxylation sites is 1. The molecule has 6 atom stereocenters. The zero-order valence-corrected chi connectivity index (χ0v) is 23.7. The second-order valence-corrected chi connectivity index (χ2v) is 14.0. The number of rotatable bonds is 3. The van der Waals surface area contributed by atoms with Gasteiger partial charge in [-0.1, -0.05) is 55.3 Å². The predicted octanol–water partition coefficient (Wildman–Crippen LogP) is 4.39. The quantitative estimate of drug-likeness (QED) is 0.540.